The molecule has 0 aliphatic carbocycles. The Morgan fingerprint density at radius 2 is 1.86 bits per heavy atom. The lowest BCUT2D eigenvalue weighted by Gasteiger charge is -2.28. The van der Waals surface area contributed by atoms with E-state index in [2.05, 4.69) is 15.2 Å². The summed E-state index contributed by atoms with van der Waals surface area (Å²) in [6.45, 7) is 5.22. The monoisotopic (exact) mass is 396 g/mol. The zero-order chi connectivity index (χ0) is 19.5. The number of hydrogen-bond donors (Lipinski definition) is 1. The lowest BCUT2D eigenvalue weighted by molar-refractivity contribution is -0.115. The predicted octanol–water partition coefficient (Wildman–Crippen LogP) is 3.53. The topological polar surface area (TPSA) is 59.4 Å². The molecule has 6 nitrogen and oxygen atoms in total. The van der Waals surface area contributed by atoms with E-state index in [0.717, 1.165) is 53.9 Å². The molecule has 0 spiro atoms. The number of thioether (sulfide) groups is 1. The normalized spacial score (nSPS) is 15.6. The van der Waals surface area contributed by atoms with Crippen LogP contribution < -0.4 is 10.2 Å². The number of para-hydroxylation sites is 2. The van der Waals surface area contributed by atoms with E-state index in [1.54, 1.807) is 0 Å². The van der Waals surface area contributed by atoms with Crippen molar-refractivity contribution in [3.8, 4) is 0 Å². The number of ether oxygens (including phenoxy) is 1. The SMILES string of the molecule is C[C@H](Sc1nc2ccccc2n1C)C(=O)Nc1ccc(N2CCOCC2)cc1. The Kier molecular flexibility index (Phi) is 5.54. The molecule has 0 radical (unpaired) electrons. The summed E-state index contributed by atoms with van der Waals surface area (Å²) in [4.78, 5) is 19.6. The summed E-state index contributed by atoms with van der Waals surface area (Å²) < 4.78 is 7.42. The van der Waals surface area contributed by atoms with Gasteiger partial charge in [-0.2, -0.15) is 0 Å². The number of nitrogens with zero attached hydrogens (tertiary/aromatic N) is 3. The summed E-state index contributed by atoms with van der Waals surface area (Å²) in [5.74, 6) is -0.0313. The first-order valence-corrected chi connectivity index (χ1v) is 10.3. The van der Waals surface area contributed by atoms with Crippen molar-refractivity contribution < 1.29 is 9.53 Å². The van der Waals surface area contributed by atoms with Gasteiger partial charge < -0.3 is 19.5 Å². The summed E-state index contributed by atoms with van der Waals surface area (Å²) >= 11 is 1.47. The summed E-state index contributed by atoms with van der Waals surface area (Å²) in [5, 5.41) is 3.59. The minimum atomic E-state index is -0.255. The molecule has 7 heteroatoms. The molecule has 1 N–H and O–H groups in total. The number of imidazole rings is 1. The summed E-state index contributed by atoms with van der Waals surface area (Å²) in [7, 11) is 1.98. The molecule has 0 bridgehead atoms. The Morgan fingerprint density at radius 3 is 2.57 bits per heavy atom. The van der Waals surface area contributed by atoms with E-state index in [-0.39, 0.29) is 11.2 Å². The largest absolute Gasteiger partial charge is 0.378 e. The number of aryl methyl sites for hydroxylation is 1. The van der Waals surface area contributed by atoms with Gasteiger partial charge in [-0.1, -0.05) is 23.9 Å². The first-order valence-electron chi connectivity index (χ1n) is 9.43. The number of rotatable bonds is 5. The first-order chi connectivity index (χ1) is 13.6. The predicted molar refractivity (Wildman–Crippen MR) is 114 cm³/mol. The fourth-order valence-corrected chi connectivity index (χ4v) is 4.15. The Labute approximate surface area is 168 Å². The minimum absolute atomic E-state index is 0.0313. The third-order valence-electron chi connectivity index (χ3n) is 4.91. The van der Waals surface area contributed by atoms with Crippen LogP contribution in [0.5, 0.6) is 0 Å². The summed E-state index contributed by atoms with van der Waals surface area (Å²) in [5.41, 5.74) is 3.97. The number of hydrogen-bond acceptors (Lipinski definition) is 5. The van der Waals surface area contributed by atoms with Crippen LogP contribution >= 0.6 is 11.8 Å². The fourth-order valence-electron chi connectivity index (χ4n) is 3.26. The lowest BCUT2D eigenvalue weighted by Crippen LogP contribution is -2.36. The van der Waals surface area contributed by atoms with Gasteiger partial charge in [0.15, 0.2) is 5.16 Å². The van der Waals surface area contributed by atoms with Crippen molar-refractivity contribution in [2.24, 2.45) is 7.05 Å². The number of anilines is 2. The molecule has 0 saturated carbocycles. The van der Waals surface area contributed by atoms with Crippen molar-refractivity contribution in [1.29, 1.82) is 0 Å². The second-order valence-corrected chi connectivity index (χ2v) is 8.15. The number of carbonyl (C=O) groups excluding carboxylic acids is 1. The number of fused-ring (bicyclic) bond motifs is 1. The average Bonchev–Trinajstić information content (AvgIpc) is 3.05. The van der Waals surface area contributed by atoms with E-state index in [1.807, 2.05) is 67.1 Å². The highest BCUT2D eigenvalue weighted by molar-refractivity contribution is 8.00. The number of morpholine rings is 1. The number of amides is 1. The van der Waals surface area contributed by atoms with Gasteiger partial charge in [-0.05, 0) is 43.3 Å². The van der Waals surface area contributed by atoms with Gasteiger partial charge in [-0.15, -0.1) is 0 Å². The third-order valence-corrected chi connectivity index (χ3v) is 6.05. The van der Waals surface area contributed by atoms with Crippen LogP contribution in [0.25, 0.3) is 11.0 Å². The highest BCUT2D eigenvalue weighted by Crippen LogP contribution is 2.27. The molecule has 1 amide bonds. The number of carbonyl (C=O) groups is 1. The van der Waals surface area contributed by atoms with Crippen molar-refractivity contribution in [3.05, 3.63) is 48.5 Å². The van der Waals surface area contributed by atoms with Crippen LogP contribution in [0.4, 0.5) is 11.4 Å². The zero-order valence-corrected chi connectivity index (χ0v) is 16.9. The minimum Gasteiger partial charge on any atom is -0.378 e. The molecule has 3 aromatic rings. The molecule has 2 heterocycles. The van der Waals surface area contributed by atoms with Gasteiger partial charge in [-0.25, -0.2) is 4.98 Å². The van der Waals surface area contributed by atoms with Crippen molar-refractivity contribution in [3.63, 3.8) is 0 Å². The van der Waals surface area contributed by atoms with Gasteiger partial charge >= 0.3 is 0 Å². The van der Waals surface area contributed by atoms with Gasteiger partial charge in [0.25, 0.3) is 0 Å². The van der Waals surface area contributed by atoms with Gasteiger partial charge in [0, 0.05) is 31.5 Å². The fraction of sp³-hybridized carbons (Fsp3) is 0.333. The number of aromatic nitrogens is 2. The van der Waals surface area contributed by atoms with E-state index in [9.17, 15) is 4.79 Å². The Morgan fingerprint density at radius 1 is 1.14 bits per heavy atom. The van der Waals surface area contributed by atoms with Crippen LogP contribution in [0, 0.1) is 0 Å². The van der Waals surface area contributed by atoms with Gasteiger partial charge in [0.2, 0.25) is 5.91 Å². The van der Waals surface area contributed by atoms with Crippen molar-refractivity contribution in [1.82, 2.24) is 9.55 Å². The van der Waals surface area contributed by atoms with Crippen LogP contribution in [0.1, 0.15) is 6.92 Å². The van der Waals surface area contributed by atoms with E-state index in [4.69, 9.17) is 4.74 Å². The smallest absolute Gasteiger partial charge is 0.237 e. The molecule has 1 aliphatic heterocycles. The Bertz CT molecular complexity index is 964. The van der Waals surface area contributed by atoms with Crippen molar-refractivity contribution >= 4 is 40.1 Å². The average molecular weight is 397 g/mol. The maximum atomic E-state index is 12.6. The quantitative estimate of drug-likeness (QED) is 0.669. The van der Waals surface area contributed by atoms with Crippen LogP contribution in [0.15, 0.2) is 53.7 Å². The number of benzene rings is 2. The van der Waals surface area contributed by atoms with Gasteiger partial charge in [0.05, 0.1) is 29.5 Å². The molecule has 1 saturated heterocycles. The third kappa shape index (κ3) is 4.00. The highest BCUT2D eigenvalue weighted by atomic mass is 32.2. The van der Waals surface area contributed by atoms with Crippen LogP contribution in [0.2, 0.25) is 0 Å². The first kappa shape index (κ1) is 18.8. The second-order valence-electron chi connectivity index (χ2n) is 6.84. The van der Waals surface area contributed by atoms with Gasteiger partial charge in [0.1, 0.15) is 0 Å². The molecule has 0 unspecified atom stereocenters. The van der Waals surface area contributed by atoms with Crippen LogP contribution in [0.3, 0.4) is 0 Å². The van der Waals surface area contributed by atoms with Crippen LogP contribution in [-0.2, 0) is 16.6 Å². The van der Waals surface area contributed by atoms with E-state index < -0.39 is 0 Å². The highest BCUT2D eigenvalue weighted by Gasteiger charge is 2.19. The van der Waals surface area contributed by atoms with Crippen molar-refractivity contribution in [2.45, 2.75) is 17.3 Å². The summed E-state index contributed by atoms with van der Waals surface area (Å²) in [6.07, 6.45) is 0. The molecular formula is C21H24N4O2S. The van der Waals surface area contributed by atoms with E-state index >= 15 is 0 Å². The van der Waals surface area contributed by atoms with Crippen molar-refractivity contribution in [2.75, 3.05) is 36.5 Å². The Balaban J connectivity index is 1.39. The number of nitrogens with one attached hydrogen (secondary N) is 1. The molecule has 1 atom stereocenters. The maximum Gasteiger partial charge on any atom is 0.237 e. The molecule has 4 rings (SSSR count). The molecule has 2 aromatic carbocycles. The second kappa shape index (κ2) is 8.24. The molecular weight excluding hydrogens is 372 g/mol. The standard InChI is InChI=1S/C21H24N4O2S/c1-15(28-21-23-18-5-3-4-6-19(18)24(21)2)20(26)22-16-7-9-17(10-8-16)25-11-13-27-14-12-25/h3-10,15H,11-14H2,1-2H3,(H,22,26)/t15-/m0/s1. The summed E-state index contributed by atoms with van der Waals surface area (Å²) in [6, 6.07) is 16.0. The molecule has 146 valence electrons. The van der Waals surface area contributed by atoms with E-state index in [0.29, 0.717) is 0 Å². The lowest BCUT2D eigenvalue weighted by atomic mass is 10.2. The Hall–Kier alpha value is -2.51. The van der Waals surface area contributed by atoms with Gasteiger partial charge in [-0.3, -0.25) is 4.79 Å². The van der Waals surface area contributed by atoms with E-state index in [1.165, 1.54) is 11.8 Å². The van der Waals surface area contributed by atoms with Crippen LogP contribution in [-0.4, -0.2) is 47.0 Å². The molecule has 1 aromatic heterocycles. The molecule has 1 aliphatic rings. The zero-order valence-electron chi connectivity index (χ0n) is 16.1. The maximum absolute atomic E-state index is 12.6. The molecule has 28 heavy (non-hydrogen) atoms. The molecule has 1 fully saturated rings.